The monoisotopic (exact) mass is 288 g/mol. The molecule has 2 aromatic rings. The fraction of sp³-hybridized carbons (Fsp3) is 0. The van der Waals surface area contributed by atoms with Gasteiger partial charge in [0.25, 0.3) is 0 Å². The second-order valence-corrected chi connectivity index (χ2v) is 5.52. The van der Waals surface area contributed by atoms with Crippen LogP contribution in [0, 0.1) is 0 Å². The molecule has 1 nitrogen and oxygen atoms in total. The number of allylic oxidation sites excluding steroid dienone is 1. The summed E-state index contributed by atoms with van der Waals surface area (Å²) >= 11 is 0.228. The standard InChI is InChI=1S/C15H12OSe/c16-15(13-7-3-1-4-8-13)11-12-17-14-9-5-2-6-10-14/h1-12H/b12-11+. The fourth-order valence-electron chi connectivity index (χ4n) is 1.37. The molecule has 2 rings (SSSR count). The Bertz CT molecular complexity index is 503. The Balaban J connectivity index is 1.96. The van der Waals surface area contributed by atoms with Crippen molar-refractivity contribution in [3.63, 3.8) is 0 Å². The van der Waals surface area contributed by atoms with Gasteiger partial charge >= 0.3 is 107 Å². The van der Waals surface area contributed by atoms with Crippen LogP contribution in [0.25, 0.3) is 0 Å². The van der Waals surface area contributed by atoms with Crippen LogP contribution in [-0.2, 0) is 0 Å². The third-order valence-electron chi connectivity index (χ3n) is 2.23. The fourth-order valence-corrected chi connectivity index (χ4v) is 2.76. The van der Waals surface area contributed by atoms with Crippen LogP contribution in [-0.4, -0.2) is 20.7 Å². The van der Waals surface area contributed by atoms with Gasteiger partial charge in [-0.2, -0.15) is 0 Å². The summed E-state index contributed by atoms with van der Waals surface area (Å²) < 4.78 is 1.28. The van der Waals surface area contributed by atoms with E-state index in [4.69, 9.17) is 0 Å². The molecule has 2 heteroatoms. The van der Waals surface area contributed by atoms with Gasteiger partial charge in [0.2, 0.25) is 0 Å². The van der Waals surface area contributed by atoms with Crippen molar-refractivity contribution in [1.29, 1.82) is 0 Å². The van der Waals surface area contributed by atoms with E-state index in [1.54, 1.807) is 6.08 Å². The Morgan fingerprint density at radius 2 is 1.47 bits per heavy atom. The summed E-state index contributed by atoms with van der Waals surface area (Å²) in [6.45, 7) is 0. The summed E-state index contributed by atoms with van der Waals surface area (Å²) in [7, 11) is 0. The van der Waals surface area contributed by atoms with Gasteiger partial charge in [-0.1, -0.05) is 0 Å². The number of hydrogen-bond donors (Lipinski definition) is 0. The molecule has 0 aliphatic heterocycles. The van der Waals surface area contributed by atoms with E-state index in [9.17, 15) is 4.79 Å². The van der Waals surface area contributed by atoms with E-state index < -0.39 is 0 Å². The molecule has 0 unspecified atom stereocenters. The van der Waals surface area contributed by atoms with Crippen molar-refractivity contribution in [3.8, 4) is 0 Å². The van der Waals surface area contributed by atoms with Crippen LogP contribution in [0.3, 0.4) is 0 Å². The molecule has 0 N–H and O–H groups in total. The van der Waals surface area contributed by atoms with E-state index in [0.29, 0.717) is 0 Å². The second-order valence-electron chi connectivity index (χ2n) is 3.46. The van der Waals surface area contributed by atoms with Gasteiger partial charge in [0.1, 0.15) is 0 Å². The molecule has 0 saturated carbocycles. The molecular weight excluding hydrogens is 275 g/mol. The van der Waals surface area contributed by atoms with E-state index >= 15 is 0 Å². The Labute approximate surface area is 107 Å². The van der Waals surface area contributed by atoms with Crippen molar-refractivity contribution in [2.45, 2.75) is 0 Å². The van der Waals surface area contributed by atoms with Crippen molar-refractivity contribution >= 4 is 25.2 Å². The maximum absolute atomic E-state index is 11.8. The topological polar surface area (TPSA) is 17.1 Å². The minimum absolute atomic E-state index is 0.0726. The van der Waals surface area contributed by atoms with Gasteiger partial charge in [0.15, 0.2) is 0 Å². The first-order valence-corrected chi connectivity index (χ1v) is 7.18. The molecule has 2 aromatic carbocycles. The number of carbonyl (C=O) groups excluding carboxylic acids is 1. The predicted molar refractivity (Wildman–Crippen MR) is 71.7 cm³/mol. The molecule has 0 heterocycles. The normalized spacial score (nSPS) is 10.6. The van der Waals surface area contributed by atoms with Gasteiger partial charge in [-0.15, -0.1) is 0 Å². The van der Waals surface area contributed by atoms with E-state index in [0.717, 1.165) is 5.56 Å². The average Bonchev–Trinajstić information content (AvgIpc) is 2.41. The summed E-state index contributed by atoms with van der Waals surface area (Å²) in [4.78, 5) is 13.7. The quantitative estimate of drug-likeness (QED) is 0.479. The van der Waals surface area contributed by atoms with Crippen molar-refractivity contribution in [2.75, 3.05) is 0 Å². The first kappa shape index (κ1) is 11.8. The van der Waals surface area contributed by atoms with Gasteiger partial charge in [-0.05, 0) is 0 Å². The van der Waals surface area contributed by atoms with Crippen LogP contribution >= 0.6 is 0 Å². The van der Waals surface area contributed by atoms with Crippen LogP contribution in [0.4, 0.5) is 0 Å². The van der Waals surface area contributed by atoms with Crippen molar-refractivity contribution < 1.29 is 4.79 Å². The van der Waals surface area contributed by atoms with Gasteiger partial charge in [-0.25, -0.2) is 0 Å². The van der Waals surface area contributed by atoms with Gasteiger partial charge in [0, 0.05) is 0 Å². The molecule has 0 spiro atoms. The Hall–Kier alpha value is -1.63. The van der Waals surface area contributed by atoms with Crippen molar-refractivity contribution in [3.05, 3.63) is 77.3 Å². The zero-order valence-electron chi connectivity index (χ0n) is 9.24. The number of benzene rings is 2. The maximum atomic E-state index is 11.8. The summed E-state index contributed by atoms with van der Waals surface area (Å²) in [5.74, 6) is 0.0726. The molecule has 0 saturated heterocycles. The van der Waals surface area contributed by atoms with Crippen LogP contribution in [0.1, 0.15) is 10.4 Å². The van der Waals surface area contributed by atoms with Crippen LogP contribution < -0.4 is 4.46 Å². The second kappa shape index (κ2) is 6.19. The van der Waals surface area contributed by atoms with Crippen molar-refractivity contribution in [2.24, 2.45) is 0 Å². The Morgan fingerprint density at radius 1 is 0.882 bits per heavy atom. The molecule has 17 heavy (non-hydrogen) atoms. The zero-order chi connectivity index (χ0) is 11.9. The van der Waals surface area contributed by atoms with Crippen LogP contribution in [0.15, 0.2) is 71.7 Å². The summed E-state index contributed by atoms with van der Waals surface area (Å²) in [5, 5.41) is 0. The summed E-state index contributed by atoms with van der Waals surface area (Å²) in [5.41, 5.74) is 0.743. The van der Waals surface area contributed by atoms with E-state index in [1.807, 2.05) is 53.5 Å². The first-order valence-electron chi connectivity index (χ1n) is 5.34. The Kier molecular flexibility index (Phi) is 4.31. The van der Waals surface area contributed by atoms with Gasteiger partial charge < -0.3 is 0 Å². The van der Waals surface area contributed by atoms with Crippen LogP contribution in [0.5, 0.6) is 0 Å². The van der Waals surface area contributed by atoms with Gasteiger partial charge in [-0.3, -0.25) is 0 Å². The number of ketones is 1. The molecule has 0 radical (unpaired) electrons. The summed E-state index contributed by atoms with van der Waals surface area (Å²) in [6, 6.07) is 19.5. The molecule has 0 fully saturated rings. The molecule has 0 bridgehead atoms. The van der Waals surface area contributed by atoms with E-state index in [2.05, 4.69) is 12.1 Å². The third-order valence-corrected chi connectivity index (χ3v) is 3.94. The molecule has 0 amide bonds. The molecule has 0 aromatic heterocycles. The van der Waals surface area contributed by atoms with E-state index in [-0.39, 0.29) is 20.7 Å². The number of hydrogen-bond acceptors (Lipinski definition) is 1. The molecular formula is C15H12OSe. The Morgan fingerprint density at radius 3 is 2.12 bits per heavy atom. The van der Waals surface area contributed by atoms with Crippen molar-refractivity contribution in [1.82, 2.24) is 0 Å². The first-order chi connectivity index (χ1) is 8.36. The molecule has 0 aliphatic carbocycles. The number of rotatable bonds is 4. The van der Waals surface area contributed by atoms with Gasteiger partial charge in [0.05, 0.1) is 0 Å². The SMILES string of the molecule is O=C(/C=C/[Se]c1ccccc1)c1ccccc1. The molecule has 84 valence electrons. The third kappa shape index (κ3) is 3.70. The molecule has 0 atom stereocenters. The summed E-state index contributed by atoms with van der Waals surface area (Å²) in [6.07, 6.45) is 1.67. The number of carbonyl (C=O) groups is 1. The van der Waals surface area contributed by atoms with E-state index in [1.165, 1.54) is 4.46 Å². The van der Waals surface area contributed by atoms with Crippen LogP contribution in [0.2, 0.25) is 0 Å². The predicted octanol–water partition coefficient (Wildman–Crippen LogP) is 2.41. The minimum atomic E-state index is 0.0726. The average molecular weight is 287 g/mol. The zero-order valence-corrected chi connectivity index (χ0v) is 11.0. The molecule has 0 aliphatic rings.